The van der Waals surface area contributed by atoms with Crippen molar-refractivity contribution >= 4 is 33.4 Å². The minimum Gasteiger partial charge on any atom is -0.355 e. The fourth-order valence-corrected chi connectivity index (χ4v) is 6.08. The van der Waals surface area contributed by atoms with Crippen molar-refractivity contribution in [2.45, 2.75) is 49.7 Å². The summed E-state index contributed by atoms with van der Waals surface area (Å²) >= 11 is 5.97. The van der Waals surface area contributed by atoms with Crippen LogP contribution in [0.1, 0.15) is 53.7 Å². The number of benzene rings is 3. The van der Waals surface area contributed by atoms with Crippen molar-refractivity contribution in [1.82, 2.24) is 14.9 Å². The maximum atomic E-state index is 13.7. The van der Waals surface area contributed by atoms with Gasteiger partial charge in [0, 0.05) is 23.7 Å². The van der Waals surface area contributed by atoms with Gasteiger partial charge in [-0.1, -0.05) is 54.1 Å². The van der Waals surface area contributed by atoms with E-state index in [9.17, 15) is 18.0 Å². The fraction of sp³-hybridized carbons (Fsp3) is 0.286. The lowest BCUT2D eigenvalue weighted by atomic mass is 10.1. The van der Waals surface area contributed by atoms with Gasteiger partial charge in [0.25, 0.3) is 5.91 Å². The predicted octanol–water partition coefficient (Wildman–Crippen LogP) is 4.69. The normalized spacial score (nSPS) is 17.1. The topological polar surface area (TPSA) is 95.6 Å². The summed E-state index contributed by atoms with van der Waals surface area (Å²) in [5.41, 5.74) is 2.13. The molecule has 2 N–H and O–H groups in total. The third-order valence-electron chi connectivity index (χ3n) is 6.48. The average molecular weight is 540 g/mol. The fourth-order valence-electron chi connectivity index (χ4n) is 4.35. The van der Waals surface area contributed by atoms with Crippen LogP contribution in [0.3, 0.4) is 0 Å². The number of amides is 2. The van der Waals surface area contributed by atoms with Gasteiger partial charge in [-0.15, -0.1) is 0 Å². The van der Waals surface area contributed by atoms with Crippen LogP contribution < -0.4 is 10.6 Å². The summed E-state index contributed by atoms with van der Waals surface area (Å²) in [7, 11) is -4.00. The molecule has 194 valence electrons. The van der Waals surface area contributed by atoms with Crippen molar-refractivity contribution in [3.63, 3.8) is 0 Å². The first-order valence-corrected chi connectivity index (χ1v) is 14.1. The first-order valence-electron chi connectivity index (χ1n) is 12.3. The van der Waals surface area contributed by atoms with Crippen LogP contribution >= 0.6 is 11.6 Å². The van der Waals surface area contributed by atoms with Crippen molar-refractivity contribution < 1.29 is 18.0 Å². The number of hydrogen-bond donors (Lipinski definition) is 2. The zero-order valence-corrected chi connectivity index (χ0v) is 22.1. The first-order chi connectivity index (χ1) is 17.8. The Kier molecular flexibility index (Phi) is 8.63. The first kappa shape index (κ1) is 26.9. The molecule has 1 aliphatic heterocycles. The molecule has 3 aromatic rings. The molecule has 7 nitrogen and oxygen atoms in total. The highest BCUT2D eigenvalue weighted by molar-refractivity contribution is 7.89. The molecule has 3 aromatic carbocycles. The van der Waals surface area contributed by atoms with E-state index in [4.69, 9.17) is 11.6 Å². The average Bonchev–Trinajstić information content (AvgIpc) is 3.12. The highest BCUT2D eigenvalue weighted by atomic mass is 35.5. The number of nitrogens with one attached hydrogen (secondary N) is 2. The zero-order valence-electron chi connectivity index (χ0n) is 20.6. The van der Waals surface area contributed by atoms with E-state index in [0.717, 1.165) is 18.4 Å². The molecule has 9 heteroatoms. The second-order valence-corrected chi connectivity index (χ2v) is 11.4. The summed E-state index contributed by atoms with van der Waals surface area (Å²) in [6, 6.07) is 21.4. The van der Waals surface area contributed by atoms with Crippen LogP contribution in [-0.2, 0) is 21.4 Å². The highest BCUT2D eigenvalue weighted by Gasteiger charge is 2.36. The lowest BCUT2D eigenvalue weighted by molar-refractivity contribution is -0.124. The lowest BCUT2D eigenvalue weighted by Crippen LogP contribution is -2.48. The van der Waals surface area contributed by atoms with E-state index in [1.54, 1.807) is 24.3 Å². The molecule has 4 rings (SSSR count). The maximum absolute atomic E-state index is 13.7. The Morgan fingerprint density at radius 3 is 2.38 bits per heavy atom. The molecule has 0 aliphatic carbocycles. The zero-order chi connectivity index (χ0) is 26.4. The lowest BCUT2D eigenvalue weighted by Gasteiger charge is -2.29. The minimum atomic E-state index is -4.00. The Balaban J connectivity index is 1.56. The molecule has 1 fully saturated rings. The number of sulfonamides is 1. The van der Waals surface area contributed by atoms with Crippen LogP contribution in [0.25, 0.3) is 0 Å². The molecule has 0 saturated carbocycles. The van der Waals surface area contributed by atoms with E-state index in [1.807, 2.05) is 37.3 Å². The van der Waals surface area contributed by atoms with Crippen LogP contribution in [-0.4, -0.2) is 37.1 Å². The summed E-state index contributed by atoms with van der Waals surface area (Å²) < 4.78 is 28.6. The minimum absolute atomic E-state index is 0.00857. The summed E-state index contributed by atoms with van der Waals surface area (Å²) in [4.78, 5) is 25.7. The number of carbonyl (C=O) groups excluding carboxylic acids is 2. The molecule has 0 aromatic heterocycles. The number of halogens is 1. The number of nitrogens with zero attached hydrogens (tertiary/aromatic N) is 1. The van der Waals surface area contributed by atoms with Crippen LogP contribution in [0.4, 0.5) is 0 Å². The highest BCUT2D eigenvalue weighted by Crippen LogP contribution is 2.26. The van der Waals surface area contributed by atoms with Gasteiger partial charge in [-0.25, -0.2) is 8.42 Å². The SMILES string of the molecule is C[C@H](NC(=O)c1ccc(CN([C@@H]2CCCCNC2=O)S(=O)(=O)c2ccc(Cl)cc2)cc1)c1ccccc1. The number of hydrogen-bond acceptors (Lipinski definition) is 4. The third kappa shape index (κ3) is 6.57. The molecule has 37 heavy (non-hydrogen) atoms. The predicted molar refractivity (Wildman–Crippen MR) is 144 cm³/mol. The molecule has 0 radical (unpaired) electrons. The molecule has 1 saturated heterocycles. The molecule has 1 aliphatic rings. The van der Waals surface area contributed by atoms with Crippen LogP contribution in [0.15, 0.2) is 83.8 Å². The van der Waals surface area contributed by atoms with Crippen molar-refractivity contribution in [2.24, 2.45) is 0 Å². The van der Waals surface area contributed by atoms with Crippen LogP contribution in [0.2, 0.25) is 5.02 Å². The Morgan fingerprint density at radius 2 is 1.70 bits per heavy atom. The Labute approximate surface area is 222 Å². The standard InChI is InChI=1S/C28H30ClN3O4S/c1-20(22-7-3-2-4-8-22)31-27(33)23-12-10-21(11-13-23)19-32(26-9-5-6-18-30-28(26)34)37(35,36)25-16-14-24(29)15-17-25/h2-4,7-8,10-17,20,26H,5-6,9,18-19H2,1H3,(H,30,34)(H,31,33)/t20-,26+/m0/s1. The van der Waals surface area contributed by atoms with Gasteiger partial charge in [0.15, 0.2) is 0 Å². The van der Waals surface area contributed by atoms with E-state index < -0.39 is 16.1 Å². The smallest absolute Gasteiger partial charge is 0.251 e. The Morgan fingerprint density at radius 1 is 1.03 bits per heavy atom. The molecular weight excluding hydrogens is 510 g/mol. The molecule has 0 spiro atoms. The van der Waals surface area contributed by atoms with Gasteiger partial charge < -0.3 is 10.6 Å². The van der Waals surface area contributed by atoms with E-state index in [0.29, 0.717) is 29.1 Å². The monoisotopic (exact) mass is 539 g/mol. The molecule has 0 bridgehead atoms. The van der Waals surface area contributed by atoms with Gasteiger partial charge in [0.05, 0.1) is 10.9 Å². The number of rotatable bonds is 8. The van der Waals surface area contributed by atoms with Gasteiger partial charge in [-0.2, -0.15) is 4.31 Å². The Hall–Kier alpha value is -3.20. The van der Waals surface area contributed by atoms with Crippen LogP contribution in [0.5, 0.6) is 0 Å². The third-order valence-corrected chi connectivity index (χ3v) is 8.60. The Bertz CT molecular complexity index is 1330. The largest absolute Gasteiger partial charge is 0.355 e. The van der Waals surface area contributed by atoms with Gasteiger partial charge >= 0.3 is 0 Å². The molecule has 0 unspecified atom stereocenters. The van der Waals surface area contributed by atoms with Crippen molar-refractivity contribution in [2.75, 3.05) is 6.54 Å². The molecule has 1 heterocycles. The summed E-state index contributed by atoms with van der Waals surface area (Å²) in [5.74, 6) is -0.530. The van der Waals surface area contributed by atoms with Crippen molar-refractivity contribution in [3.05, 3.63) is 101 Å². The van der Waals surface area contributed by atoms with Crippen molar-refractivity contribution in [3.8, 4) is 0 Å². The van der Waals surface area contributed by atoms with E-state index in [-0.39, 0.29) is 29.3 Å². The quantitative estimate of drug-likeness (QED) is 0.434. The second kappa shape index (κ2) is 11.9. The maximum Gasteiger partial charge on any atom is 0.251 e. The van der Waals surface area contributed by atoms with E-state index in [2.05, 4.69) is 10.6 Å². The summed E-state index contributed by atoms with van der Waals surface area (Å²) in [5, 5.41) is 6.23. The summed E-state index contributed by atoms with van der Waals surface area (Å²) in [6.07, 6.45) is 1.95. The summed E-state index contributed by atoms with van der Waals surface area (Å²) in [6.45, 7) is 2.43. The molecular formula is C28H30ClN3O4S. The van der Waals surface area contributed by atoms with Crippen molar-refractivity contribution in [1.29, 1.82) is 0 Å². The van der Waals surface area contributed by atoms with Crippen LogP contribution in [0, 0.1) is 0 Å². The molecule has 2 amide bonds. The molecule has 2 atom stereocenters. The van der Waals surface area contributed by atoms with Gasteiger partial charge in [-0.05, 0) is 73.7 Å². The van der Waals surface area contributed by atoms with Gasteiger partial charge in [-0.3, -0.25) is 9.59 Å². The van der Waals surface area contributed by atoms with E-state index >= 15 is 0 Å². The van der Waals surface area contributed by atoms with Gasteiger partial charge in [0.2, 0.25) is 15.9 Å². The second-order valence-electron chi connectivity index (χ2n) is 9.11. The van der Waals surface area contributed by atoms with Gasteiger partial charge in [0.1, 0.15) is 6.04 Å². The number of carbonyl (C=O) groups is 2. The van der Waals surface area contributed by atoms with E-state index in [1.165, 1.54) is 28.6 Å².